The number of carbonyl (C=O) groups excluding carboxylic acids is 1. The SMILES string of the molecule is CCOC(=O)c1nnc2[nH]ncn2c1=O. The highest BCUT2D eigenvalue weighted by Gasteiger charge is 2.16. The van der Waals surface area contributed by atoms with Gasteiger partial charge in [-0.15, -0.1) is 10.2 Å². The second-order valence-electron chi connectivity index (χ2n) is 2.62. The first-order chi connectivity index (χ1) is 7.24. The molecule has 0 radical (unpaired) electrons. The van der Waals surface area contributed by atoms with E-state index in [2.05, 4.69) is 25.1 Å². The van der Waals surface area contributed by atoms with Crippen molar-refractivity contribution in [1.82, 2.24) is 24.8 Å². The molecule has 78 valence electrons. The van der Waals surface area contributed by atoms with E-state index in [9.17, 15) is 9.59 Å². The molecule has 0 saturated carbocycles. The predicted molar refractivity (Wildman–Crippen MR) is 47.4 cm³/mol. The largest absolute Gasteiger partial charge is 0.461 e. The van der Waals surface area contributed by atoms with Crippen LogP contribution in [0.3, 0.4) is 0 Å². The number of nitrogens with one attached hydrogen (secondary N) is 1. The topological polar surface area (TPSA) is 102 Å². The Bertz CT molecular complexity index is 557. The van der Waals surface area contributed by atoms with Crippen LogP contribution in [0.5, 0.6) is 0 Å². The molecule has 2 aromatic heterocycles. The maximum atomic E-state index is 11.6. The highest BCUT2D eigenvalue weighted by molar-refractivity contribution is 5.86. The maximum absolute atomic E-state index is 11.6. The van der Waals surface area contributed by atoms with Crippen LogP contribution in [0.15, 0.2) is 11.1 Å². The first kappa shape index (κ1) is 9.31. The normalized spacial score (nSPS) is 10.5. The number of aromatic amines is 1. The molecule has 0 saturated heterocycles. The van der Waals surface area contributed by atoms with Crippen LogP contribution in [0.25, 0.3) is 5.78 Å². The van der Waals surface area contributed by atoms with Gasteiger partial charge in [-0.25, -0.2) is 14.3 Å². The van der Waals surface area contributed by atoms with Crippen molar-refractivity contribution >= 4 is 11.7 Å². The van der Waals surface area contributed by atoms with Crippen LogP contribution in [-0.2, 0) is 4.74 Å². The second-order valence-corrected chi connectivity index (χ2v) is 2.62. The van der Waals surface area contributed by atoms with E-state index in [1.807, 2.05) is 0 Å². The fourth-order valence-electron chi connectivity index (χ4n) is 1.05. The molecule has 0 fully saturated rings. The van der Waals surface area contributed by atoms with Crippen molar-refractivity contribution in [3.05, 3.63) is 22.4 Å². The minimum absolute atomic E-state index is 0.174. The predicted octanol–water partition coefficient (Wildman–Crippen LogP) is -1.01. The van der Waals surface area contributed by atoms with Crippen LogP contribution in [-0.4, -0.2) is 37.4 Å². The summed E-state index contributed by atoms with van der Waals surface area (Å²) in [5.41, 5.74) is -0.956. The van der Waals surface area contributed by atoms with Crippen molar-refractivity contribution in [1.29, 1.82) is 0 Å². The first-order valence-electron chi connectivity index (χ1n) is 4.19. The Kier molecular flexibility index (Phi) is 2.16. The number of aromatic nitrogens is 5. The quantitative estimate of drug-likeness (QED) is 0.635. The Hall–Kier alpha value is -2.25. The molecule has 0 bridgehead atoms. The van der Waals surface area contributed by atoms with Crippen molar-refractivity contribution in [2.24, 2.45) is 0 Å². The third kappa shape index (κ3) is 1.45. The second kappa shape index (κ2) is 3.48. The molecule has 0 spiro atoms. The Morgan fingerprint density at radius 3 is 3.13 bits per heavy atom. The number of rotatable bonds is 2. The van der Waals surface area contributed by atoms with Crippen molar-refractivity contribution < 1.29 is 9.53 Å². The molecule has 0 aliphatic rings. The zero-order chi connectivity index (χ0) is 10.8. The van der Waals surface area contributed by atoms with E-state index in [-0.39, 0.29) is 18.1 Å². The van der Waals surface area contributed by atoms with Crippen molar-refractivity contribution in [3.63, 3.8) is 0 Å². The molecular formula is C7H7N5O3. The molecular weight excluding hydrogens is 202 g/mol. The van der Waals surface area contributed by atoms with E-state index >= 15 is 0 Å². The fourth-order valence-corrected chi connectivity index (χ4v) is 1.05. The molecule has 0 aromatic carbocycles. The van der Waals surface area contributed by atoms with Gasteiger partial charge in [0, 0.05) is 0 Å². The third-order valence-corrected chi connectivity index (χ3v) is 1.70. The summed E-state index contributed by atoms with van der Waals surface area (Å²) in [5, 5.41) is 13.1. The molecule has 0 unspecified atom stereocenters. The smallest absolute Gasteiger partial charge is 0.364 e. The Morgan fingerprint density at radius 1 is 1.60 bits per heavy atom. The highest BCUT2D eigenvalue weighted by atomic mass is 16.5. The number of hydrogen-bond donors (Lipinski definition) is 1. The van der Waals surface area contributed by atoms with Gasteiger partial charge in [-0.2, -0.15) is 5.10 Å². The Morgan fingerprint density at radius 2 is 2.40 bits per heavy atom. The number of nitrogens with zero attached hydrogens (tertiary/aromatic N) is 4. The molecule has 2 heterocycles. The molecule has 2 aromatic rings. The summed E-state index contributed by atoms with van der Waals surface area (Å²) in [7, 11) is 0. The van der Waals surface area contributed by atoms with Gasteiger partial charge in [0.25, 0.3) is 11.3 Å². The lowest BCUT2D eigenvalue weighted by Gasteiger charge is -1.98. The van der Waals surface area contributed by atoms with E-state index in [0.717, 1.165) is 4.40 Å². The van der Waals surface area contributed by atoms with Crippen molar-refractivity contribution in [2.45, 2.75) is 6.92 Å². The molecule has 1 N–H and O–H groups in total. The number of H-pyrrole nitrogens is 1. The van der Waals surface area contributed by atoms with Crippen LogP contribution in [0.4, 0.5) is 0 Å². The Labute approximate surface area is 82.9 Å². The molecule has 0 aliphatic heterocycles. The number of hydrogen-bond acceptors (Lipinski definition) is 6. The van der Waals surface area contributed by atoms with Gasteiger partial charge in [0.05, 0.1) is 6.61 Å². The van der Waals surface area contributed by atoms with Gasteiger partial charge in [-0.05, 0) is 6.92 Å². The summed E-state index contributed by atoms with van der Waals surface area (Å²) < 4.78 is 5.73. The molecule has 2 rings (SSSR count). The number of esters is 1. The number of ether oxygens (including phenoxy) is 1. The van der Waals surface area contributed by atoms with Crippen LogP contribution in [0.1, 0.15) is 17.4 Å². The van der Waals surface area contributed by atoms with Crippen LogP contribution >= 0.6 is 0 Å². The standard InChI is InChI=1S/C7H7N5O3/c1-2-15-6(14)4-5(13)12-3-8-10-7(12)11-9-4/h3H,2H2,1H3,(H,10,11). The lowest BCUT2D eigenvalue weighted by molar-refractivity contribution is 0.0515. The molecule has 15 heavy (non-hydrogen) atoms. The van der Waals surface area contributed by atoms with E-state index in [1.54, 1.807) is 6.92 Å². The maximum Gasteiger partial charge on any atom is 0.364 e. The van der Waals surface area contributed by atoms with E-state index in [4.69, 9.17) is 0 Å². The average molecular weight is 209 g/mol. The molecule has 0 atom stereocenters. The minimum Gasteiger partial charge on any atom is -0.461 e. The lowest BCUT2D eigenvalue weighted by Crippen LogP contribution is -2.25. The zero-order valence-corrected chi connectivity index (χ0v) is 7.80. The van der Waals surface area contributed by atoms with Crippen molar-refractivity contribution in [3.8, 4) is 0 Å². The van der Waals surface area contributed by atoms with E-state index < -0.39 is 11.5 Å². The van der Waals surface area contributed by atoms with Gasteiger partial charge in [0.15, 0.2) is 0 Å². The van der Waals surface area contributed by atoms with Crippen LogP contribution < -0.4 is 5.56 Å². The first-order valence-corrected chi connectivity index (χ1v) is 4.19. The number of carbonyl (C=O) groups is 1. The number of fused-ring (bicyclic) bond motifs is 1. The van der Waals surface area contributed by atoms with Gasteiger partial charge in [-0.1, -0.05) is 0 Å². The molecule has 0 aliphatic carbocycles. The van der Waals surface area contributed by atoms with Gasteiger partial charge < -0.3 is 4.74 Å². The third-order valence-electron chi connectivity index (χ3n) is 1.70. The zero-order valence-electron chi connectivity index (χ0n) is 7.80. The minimum atomic E-state index is -0.786. The van der Waals surface area contributed by atoms with Gasteiger partial charge in [0.2, 0.25) is 5.69 Å². The highest BCUT2D eigenvalue weighted by Crippen LogP contribution is 1.91. The van der Waals surface area contributed by atoms with Gasteiger partial charge in [0.1, 0.15) is 6.33 Å². The summed E-state index contributed by atoms with van der Waals surface area (Å²) in [4.78, 5) is 22.9. The monoisotopic (exact) mass is 209 g/mol. The van der Waals surface area contributed by atoms with Crippen molar-refractivity contribution in [2.75, 3.05) is 6.61 Å². The molecule has 0 amide bonds. The summed E-state index contributed by atoms with van der Waals surface area (Å²) in [6.07, 6.45) is 1.22. The summed E-state index contributed by atoms with van der Waals surface area (Å²) >= 11 is 0. The van der Waals surface area contributed by atoms with Crippen LogP contribution in [0, 0.1) is 0 Å². The molecule has 8 nitrogen and oxygen atoms in total. The van der Waals surface area contributed by atoms with Crippen LogP contribution in [0.2, 0.25) is 0 Å². The van der Waals surface area contributed by atoms with Gasteiger partial charge >= 0.3 is 5.97 Å². The lowest BCUT2D eigenvalue weighted by atomic mass is 10.4. The fraction of sp³-hybridized carbons (Fsp3) is 0.286. The van der Waals surface area contributed by atoms with E-state index in [1.165, 1.54) is 6.33 Å². The molecule has 8 heteroatoms. The Balaban J connectivity index is 2.57. The summed E-state index contributed by atoms with van der Waals surface area (Å²) in [6, 6.07) is 0. The van der Waals surface area contributed by atoms with Gasteiger partial charge in [-0.3, -0.25) is 4.79 Å². The summed E-state index contributed by atoms with van der Waals surface area (Å²) in [5.74, 6) is -0.612. The average Bonchev–Trinajstić information content (AvgIpc) is 2.67. The summed E-state index contributed by atoms with van der Waals surface area (Å²) in [6.45, 7) is 1.81. The van der Waals surface area contributed by atoms with E-state index in [0.29, 0.717) is 0 Å².